The fraction of sp³-hybridized carbons (Fsp3) is 0.227. The maximum atomic E-state index is 13.3. The molecule has 9 nitrogen and oxygen atoms in total. The number of amides is 2. The van der Waals surface area contributed by atoms with Gasteiger partial charge in [-0.1, -0.05) is 29.8 Å². The number of sulfonamides is 1. The van der Waals surface area contributed by atoms with Crippen LogP contribution in [0.1, 0.15) is 11.3 Å². The number of hydrogen-bond acceptors (Lipinski definition) is 6. The van der Waals surface area contributed by atoms with Crippen LogP contribution >= 0.6 is 11.6 Å². The van der Waals surface area contributed by atoms with Gasteiger partial charge in [0, 0.05) is 18.1 Å². The van der Waals surface area contributed by atoms with Gasteiger partial charge in [0.25, 0.3) is 10.0 Å². The number of hydrogen-bond donors (Lipinski definition) is 1. The highest BCUT2D eigenvalue weighted by molar-refractivity contribution is 7.90. The van der Waals surface area contributed by atoms with E-state index in [1.54, 1.807) is 31.2 Å². The molecule has 1 N–H and O–H groups in total. The molecule has 0 aliphatic carbocycles. The molecule has 0 unspecified atom stereocenters. The molecule has 0 bridgehead atoms. The molecule has 0 atom stereocenters. The number of halogens is 1. The molecule has 2 aromatic carbocycles. The molecule has 1 heterocycles. The van der Waals surface area contributed by atoms with Gasteiger partial charge in [-0.2, -0.15) is 10.4 Å². The second-order valence-corrected chi connectivity index (χ2v) is 9.58. The molecule has 0 saturated carbocycles. The number of aryl methyl sites for hydroxylation is 1. The first kappa shape index (κ1) is 24.3. The number of anilines is 1. The third-order valence-electron chi connectivity index (χ3n) is 4.77. The molecule has 3 aromatic rings. The van der Waals surface area contributed by atoms with E-state index in [0.717, 1.165) is 0 Å². The highest BCUT2D eigenvalue weighted by atomic mass is 35.5. The Morgan fingerprint density at radius 1 is 1.12 bits per heavy atom. The summed E-state index contributed by atoms with van der Waals surface area (Å²) in [5.41, 5.74) is 1.22. The lowest BCUT2D eigenvalue weighted by molar-refractivity contribution is 0.249. The maximum absolute atomic E-state index is 13.3. The van der Waals surface area contributed by atoms with Crippen LogP contribution in [0, 0.1) is 18.3 Å². The van der Waals surface area contributed by atoms with Crippen LogP contribution in [0.4, 0.5) is 10.6 Å². The number of carbonyl (C=O) groups is 1. The number of nitrogens with one attached hydrogen (secondary N) is 1. The minimum atomic E-state index is -4.18. The highest BCUT2D eigenvalue weighted by Crippen LogP contribution is 2.27. The number of urea groups is 1. The summed E-state index contributed by atoms with van der Waals surface area (Å²) in [5.74, 6) is 0.187. The van der Waals surface area contributed by atoms with E-state index < -0.39 is 16.1 Å². The molecule has 2 amide bonds. The third-order valence-corrected chi connectivity index (χ3v) is 6.35. The van der Waals surface area contributed by atoms with Crippen molar-refractivity contribution in [3.63, 3.8) is 0 Å². The van der Waals surface area contributed by atoms with Gasteiger partial charge in [-0.15, -0.1) is 0 Å². The molecular formula is C22H23ClN6O3S. The first-order valence-corrected chi connectivity index (χ1v) is 11.8. The highest BCUT2D eigenvalue weighted by Gasteiger charge is 2.29. The van der Waals surface area contributed by atoms with Crippen LogP contribution < -0.4 is 9.62 Å². The smallest absolute Gasteiger partial charge is 0.308 e. The van der Waals surface area contributed by atoms with Crippen molar-refractivity contribution in [2.45, 2.75) is 11.8 Å². The number of nitrogens with zero attached hydrogens (tertiary/aromatic N) is 5. The normalized spacial score (nSPS) is 11.3. The standard InChI is InChI=1S/C22H23ClN6O3S/c1-16-20(15-24)21(29(25-16)18-7-5-4-6-8-18)28(14-13-27(2)3)22(30)26-33(31,32)19-11-9-17(23)10-12-19/h4-12H,13-14H2,1-3H3,(H,26,30). The lowest BCUT2D eigenvalue weighted by Crippen LogP contribution is -2.46. The van der Waals surface area contributed by atoms with E-state index in [4.69, 9.17) is 11.6 Å². The summed E-state index contributed by atoms with van der Waals surface area (Å²) >= 11 is 5.84. The van der Waals surface area contributed by atoms with Gasteiger partial charge in [0.15, 0.2) is 5.82 Å². The van der Waals surface area contributed by atoms with E-state index in [0.29, 0.717) is 22.9 Å². The van der Waals surface area contributed by atoms with Gasteiger partial charge in [0.2, 0.25) is 0 Å². The van der Waals surface area contributed by atoms with Crippen LogP contribution in [0.25, 0.3) is 5.69 Å². The van der Waals surface area contributed by atoms with E-state index >= 15 is 0 Å². The zero-order chi connectivity index (χ0) is 24.2. The maximum Gasteiger partial charge on any atom is 0.337 e. The predicted molar refractivity (Wildman–Crippen MR) is 126 cm³/mol. The Balaban J connectivity index is 2.07. The first-order chi connectivity index (χ1) is 15.6. The molecule has 0 spiro atoms. The van der Waals surface area contributed by atoms with Crippen LogP contribution in [0.15, 0.2) is 59.5 Å². The van der Waals surface area contributed by atoms with E-state index in [-0.39, 0.29) is 22.8 Å². The third kappa shape index (κ3) is 5.51. The van der Waals surface area contributed by atoms with Gasteiger partial charge in [-0.3, -0.25) is 4.90 Å². The summed E-state index contributed by atoms with van der Waals surface area (Å²) in [7, 11) is -0.534. The molecule has 0 radical (unpaired) electrons. The molecule has 33 heavy (non-hydrogen) atoms. The van der Waals surface area contributed by atoms with Crippen molar-refractivity contribution < 1.29 is 13.2 Å². The number of nitriles is 1. The zero-order valence-corrected chi connectivity index (χ0v) is 19.9. The molecular weight excluding hydrogens is 464 g/mol. The Labute approximate surface area is 197 Å². The van der Waals surface area contributed by atoms with Crippen molar-refractivity contribution in [3.8, 4) is 11.8 Å². The van der Waals surface area contributed by atoms with Crippen molar-refractivity contribution in [3.05, 3.63) is 70.9 Å². The second-order valence-electron chi connectivity index (χ2n) is 7.46. The van der Waals surface area contributed by atoms with Gasteiger partial charge < -0.3 is 4.90 Å². The number of rotatable bonds is 7. The summed E-state index contributed by atoms with van der Waals surface area (Å²) in [6, 6.07) is 15.7. The van der Waals surface area contributed by atoms with Gasteiger partial charge in [-0.05, 0) is 57.4 Å². The quantitative estimate of drug-likeness (QED) is 0.549. The monoisotopic (exact) mass is 486 g/mol. The van der Waals surface area contributed by atoms with Crippen molar-refractivity contribution in [1.29, 1.82) is 5.26 Å². The second kappa shape index (κ2) is 10.0. The zero-order valence-electron chi connectivity index (χ0n) is 18.4. The van der Waals surface area contributed by atoms with Crippen LogP contribution in [0.5, 0.6) is 0 Å². The van der Waals surface area contributed by atoms with Crippen LogP contribution in [0.3, 0.4) is 0 Å². The summed E-state index contributed by atoms with van der Waals surface area (Å²) in [6.07, 6.45) is 0. The molecule has 0 saturated heterocycles. The summed E-state index contributed by atoms with van der Waals surface area (Å²) in [5, 5.41) is 14.6. The summed E-state index contributed by atoms with van der Waals surface area (Å²) < 4.78 is 29.3. The lowest BCUT2D eigenvalue weighted by atomic mass is 10.2. The largest absolute Gasteiger partial charge is 0.337 e. The Morgan fingerprint density at radius 2 is 1.76 bits per heavy atom. The van der Waals surface area contributed by atoms with Gasteiger partial charge in [0.1, 0.15) is 11.6 Å². The van der Waals surface area contributed by atoms with Crippen LogP contribution in [-0.2, 0) is 10.0 Å². The fourth-order valence-corrected chi connectivity index (χ4v) is 4.17. The van der Waals surface area contributed by atoms with E-state index in [1.165, 1.54) is 33.8 Å². The summed E-state index contributed by atoms with van der Waals surface area (Å²) in [6.45, 7) is 2.19. The Bertz CT molecular complexity index is 1280. The molecule has 1 aromatic heterocycles. The number of para-hydroxylation sites is 1. The molecule has 0 fully saturated rings. The lowest BCUT2D eigenvalue weighted by Gasteiger charge is -2.25. The number of carbonyl (C=O) groups excluding carboxylic acids is 1. The fourth-order valence-electron chi connectivity index (χ4n) is 3.09. The Morgan fingerprint density at radius 3 is 2.33 bits per heavy atom. The van der Waals surface area contributed by atoms with Crippen molar-refractivity contribution in [2.75, 3.05) is 32.1 Å². The predicted octanol–water partition coefficient (Wildman–Crippen LogP) is 3.17. The van der Waals surface area contributed by atoms with E-state index in [9.17, 15) is 18.5 Å². The Kier molecular flexibility index (Phi) is 7.38. The van der Waals surface area contributed by atoms with E-state index in [2.05, 4.69) is 15.9 Å². The first-order valence-electron chi connectivity index (χ1n) is 9.94. The summed E-state index contributed by atoms with van der Waals surface area (Å²) in [4.78, 5) is 16.3. The molecule has 3 rings (SSSR count). The Hall–Kier alpha value is -3.39. The van der Waals surface area contributed by atoms with E-state index in [1.807, 2.05) is 25.1 Å². The van der Waals surface area contributed by atoms with Crippen molar-refractivity contribution >= 4 is 33.5 Å². The van der Waals surface area contributed by atoms with Gasteiger partial charge in [0.05, 0.1) is 16.3 Å². The van der Waals surface area contributed by atoms with Crippen molar-refractivity contribution in [1.82, 2.24) is 19.4 Å². The number of benzene rings is 2. The SMILES string of the molecule is Cc1nn(-c2ccccc2)c(N(CCN(C)C)C(=O)NS(=O)(=O)c2ccc(Cl)cc2)c1C#N. The molecule has 11 heteroatoms. The van der Waals surface area contributed by atoms with Crippen LogP contribution in [-0.4, -0.2) is 56.3 Å². The average Bonchev–Trinajstić information content (AvgIpc) is 3.10. The number of aromatic nitrogens is 2. The minimum Gasteiger partial charge on any atom is -0.308 e. The molecule has 0 aliphatic heterocycles. The average molecular weight is 487 g/mol. The minimum absolute atomic E-state index is 0.110. The molecule has 0 aliphatic rings. The number of likely N-dealkylation sites (N-methyl/N-ethyl adjacent to an activating group) is 1. The van der Waals surface area contributed by atoms with Crippen molar-refractivity contribution in [2.24, 2.45) is 0 Å². The van der Waals surface area contributed by atoms with Gasteiger partial charge >= 0.3 is 6.03 Å². The topological polar surface area (TPSA) is 111 Å². The van der Waals surface area contributed by atoms with Crippen LogP contribution in [0.2, 0.25) is 5.02 Å². The molecule has 172 valence electrons. The van der Waals surface area contributed by atoms with Gasteiger partial charge in [-0.25, -0.2) is 22.6 Å².